The van der Waals surface area contributed by atoms with Crippen molar-refractivity contribution in [2.75, 3.05) is 27.3 Å². The molecule has 0 saturated carbocycles. The van der Waals surface area contributed by atoms with E-state index < -0.39 is 11.9 Å². The molecule has 6 nitrogen and oxygen atoms in total. The van der Waals surface area contributed by atoms with Crippen LogP contribution in [0.3, 0.4) is 0 Å². The minimum absolute atomic E-state index is 0.403. The number of aliphatic hydroxyl groups is 1. The number of hydrogen-bond donors (Lipinski definition) is 1. The van der Waals surface area contributed by atoms with E-state index in [0.717, 1.165) is 36.6 Å². The summed E-state index contributed by atoms with van der Waals surface area (Å²) in [6.07, 6.45) is 3.25. The summed E-state index contributed by atoms with van der Waals surface area (Å²) in [5.41, 5.74) is 3.14. The Bertz CT molecular complexity index is 947. The maximum absolute atomic E-state index is 11.7. The Labute approximate surface area is 197 Å². The van der Waals surface area contributed by atoms with Crippen LogP contribution in [-0.4, -0.2) is 53.4 Å². The monoisotopic (exact) mass is 451 g/mol. The van der Waals surface area contributed by atoms with Crippen molar-refractivity contribution in [3.63, 3.8) is 0 Å². The molecule has 1 aliphatic rings. The molecule has 0 unspecified atom stereocenters. The molecule has 3 aromatic rings. The molecule has 2 aromatic carbocycles. The standard InChI is InChI=1S/C25H31N3O3.C2H6/c1-30-24(31-2)17-23-22(18-26-28(23)21-11-7-4-8-12-21)25(29)13-15-27(16-14-25)19-20-9-5-3-6-10-20;1-2/h3-12,18,24,29H,13-17,19H2,1-2H3;1-2H3. The molecule has 1 aromatic heterocycles. The molecule has 1 N–H and O–H groups in total. The van der Waals surface area contributed by atoms with E-state index >= 15 is 0 Å². The maximum Gasteiger partial charge on any atom is 0.162 e. The summed E-state index contributed by atoms with van der Waals surface area (Å²) < 4.78 is 12.8. The molecule has 2 heterocycles. The van der Waals surface area contributed by atoms with Gasteiger partial charge in [-0.3, -0.25) is 4.90 Å². The van der Waals surface area contributed by atoms with Gasteiger partial charge in [0.25, 0.3) is 0 Å². The van der Waals surface area contributed by atoms with Crippen LogP contribution in [0.4, 0.5) is 0 Å². The lowest BCUT2D eigenvalue weighted by Gasteiger charge is -2.38. The summed E-state index contributed by atoms with van der Waals surface area (Å²) in [6, 6.07) is 20.5. The van der Waals surface area contributed by atoms with Gasteiger partial charge in [0.2, 0.25) is 0 Å². The molecule has 0 bridgehead atoms. The molecular formula is C27H37N3O3. The van der Waals surface area contributed by atoms with E-state index in [1.165, 1.54) is 5.56 Å². The van der Waals surface area contributed by atoms with Crippen molar-refractivity contribution in [2.45, 2.75) is 51.5 Å². The molecule has 0 amide bonds. The van der Waals surface area contributed by atoms with E-state index in [4.69, 9.17) is 9.47 Å². The molecule has 1 aliphatic heterocycles. The molecule has 1 fully saturated rings. The van der Waals surface area contributed by atoms with Crippen LogP contribution in [0, 0.1) is 0 Å². The Morgan fingerprint density at radius 1 is 0.939 bits per heavy atom. The summed E-state index contributed by atoms with van der Waals surface area (Å²) in [4.78, 5) is 2.40. The van der Waals surface area contributed by atoms with Gasteiger partial charge in [0.15, 0.2) is 6.29 Å². The first kappa shape index (κ1) is 25.1. The highest BCUT2D eigenvalue weighted by atomic mass is 16.7. The van der Waals surface area contributed by atoms with Gasteiger partial charge in [-0.25, -0.2) is 4.68 Å². The van der Waals surface area contributed by atoms with Crippen molar-refractivity contribution >= 4 is 0 Å². The highest BCUT2D eigenvalue weighted by Crippen LogP contribution is 2.36. The summed E-state index contributed by atoms with van der Waals surface area (Å²) in [5.74, 6) is 0. The lowest BCUT2D eigenvalue weighted by Crippen LogP contribution is -2.42. The van der Waals surface area contributed by atoms with E-state index in [0.29, 0.717) is 19.3 Å². The summed E-state index contributed by atoms with van der Waals surface area (Å²) in [7, 11) is 3.27. The zero-order valence-corrected chi connectivity index (χ0v) is 20.3. The maximum atomic E-state index is 11.7. The molecule has 6 heteroatoms. The number of likely N-dealkylation sites (tertiary alicyclic amines) is 1. The van der Waals surface area contributed by atoms with Crippen LogP contribution in [0.5, 0.6) is 0 Å². The number of piperidine rings is 1. The average molecular weight is 452 g/mol. The Balaban J connectivity index is 0.00000149. The first-order valence-corrected chi connectivity index (χ1v) is 11.8. The Hall–Kier alpha value is -2.51. The van der Waals surface area contributed by atoms with Crippen LogP contribution in [0.1, 0.15) is 43.5 Å². The molecule has 178 valence electrons. The van der Waals surface area contributed by atoms with Gasteiger partial charge in [-0.05, 0) is 30.5 Å². The second kappa shape index (κ2) is 12.1. The first-order valence-electron chi connectivity index (χ1n) is 11.8. The fourth-order valence-corrected chi connectivity index (χ4v) is 4.36. The van der Waals surface area contributed by atoms with Crippen molar-refractivity contribution < 1.29 is 14.6 Å². The van der Waals surface area contributed by atoms with Crippen LogP contribution in [0.2, 0.25) is 0 Å². The highest BCUT2D eigenvalue weighted by Gasteiger charge is 2.38. The van der Waals surface area contributed by atoms with Gasteiger partial charge in [0.1, 0.15) is 0 Å². The predicted octanol–water partition coefficient (Wildman–Crippen LogP) is 4.54. The smallest absolute Gasteiger partial charge is 0.162 e. The van der Waals surface area contributed by atoms with Crippen LogP contribution < -0.4 is 0 Å². The summed E-state index contributed by atoms with van der Waals surface area (Å²) in [5, 5.41) is 16.3. The third kappa shape index (κ3) is 6.09. The molecule has 4 rings (SSSR count). The normalized spacial score (nSPS) is 15.8. The number of benzene rings is 2. The Kier molecular flexibility index (Phi) is 9.21. The lowest BCUT2D eigenvalue weighted by atomic mass is 9.84. The third-order valence-electron chi connectivity index (χ3n) is 6.19. The Morgan fingerprint density at radius 2 is 1.52 bits per heavy atom. The van der Waals surface area contributed by atoms with Crippen LogP contribution >= 0.6 is 0 Å². The van der Waals surface area contributed by atoms with Crippen LogP contribution in [0.15, 0.2) is 66.9 Å². The second-order valence-corrected chi connectivity index (χ2v) is 8.15. The number of hydrogen-bond acceptors (Lipinski definition) is 5. The molecule has 0 atom stereocenters. The lowest BCUT2D eigenvalue weighted by molar-refractivity contribution is -0.102. The van der Waals surface area contributed by atoms with E-state index in [9.17, 15) is 5.11 Å². The fraction of sp³-hybridized carbons (Fsp3) is 0.444. The van der Waals surface area contributed by atoms with Gasteiger partial charge >= 0.3 is 0 Å². The average Bonchev–Trinajstić information content (AvgIpc) is 3.31. The number of aromatic nitrogens is 2. The topological polar surface area (TPSA) is 59.8 Å². The molecular weight excluding hydrogens is 414 g/mol. The predicted molar refractivity (Wildman–Crippen MR) is 131 cm³/mol. The molecule has 0 radical (unpaired) electrons. The van der Waals surface area contributed by atoms with E-state index in [1.54, 1.807) is 14.2 Å². The number of nitrogens with zero attached hydrogens (tertiary/aromatic N) is 3. The highest BCUT2D eigenvalue weighted by molar-refractivity contribution is 5.37. The van der Waals surface area contributed by atoms with E-state index in [2.05, 4.69) is 34.3 Å². The van der Waals surface area contributed by atoms with Crippen molar-refractivity contribution in [3.05, 3.63) is 83.7 Å². The first-order chi connectivity index (χ1) is 16.1. The number of methoxy groups -OCH3 is 2. The van der Waals surface area contributed by atoms with E-state index in [-0.39, 0.29) is 0 Å². The molecule has 0 spiro atoms. The van der Waals surface area contributed by atoms with Gasteiger partial charge < -0.3 is 14.6 Å². The SMILES string of the molecule is CC.COC(Cc1c(C2(O)CCN(Cc3ccccc3)CC2)cnn1-c1ccccc1)OC. The molecule has 0 aliphatic carbocycles. The van der Waals surface area contributed by atoms with Gasteiger partial charge in [0.05, 0.1) is 23.2 Å². The number of rotatable bonds is 8. The second-order valence-electron chi connectivity index (χ2n) is 8.15. The van der Waals surface area contributed by atoms with Gasteiger partial charge in [-0.15, -0.1) is 0 Å². The largest absolute Gasteiger partial charge is 0.385 e. The van der Waals surface area contributed by atoms with Crippen LogP contribution in [-0.2, 0) is 28.0 Å². The number of ether oxygens (including phenoxy) is 2. The van der Waals surface area contributed by atoms with Crippen molar-refractivity contribution in [2.24, 2.45) is 0 Å². The summed E-state index contributed by atoms with van der Waals surface area (Å²) >= 11 is 0. The van der Waals surface area contributed by atoms with Crippen LogP contribution in [0.25, 0.3) is 5.69 Å². The molecule has 33 heavy (non-hydrogen) atoms. The van der Waals surface area contributed by atoms with E-state index in [1.807, 2.05) is 61.1 Å². The minimum atomic E-state index is -0.915. The summed E-state index contributed by atoms with van der Waals surface area (Å²) in [6.45, 7) is 6.57. The minimum Gasteiger partial charge on any atom is -0.385 e. The third-order valence-corrected chi connectivity index (χ3v) is 6.19. The fourth-order valence-electron chi connectivity index (χ4n) is 4.36. The molecule has 1 saturated heterocycles. The quantitative estimate of drug-likeness (QED) is 0.510. The Morgan fingerprint density at radius 3 is 2.09 bits per heavy atom. The zero-order valence-electron chi connectivity index (χ0n) is 20.3. The van der Waals surface area contributed by atoms with Crippen molar-refractivity contribution in [1.29, 1.82) is 0 Å². The number of para-hydroxylation sites is 1. The van der Waals surface area contributed by atoms with Gasteiger partial charge in [-0.2, -0.15) is 5.10 Å². The zero-order chi connectivity index (χ0) is 23.7. The van der Waals surface area contributed by atoms with Gasteiger partial charge in [-0.1, -0.05) is 62.4 Å². The van der Waals surface area contributed by atoms with Crippen molar-refractivity contribution in [1.82, 2.24) is 14.7 Å². The van der Waals surface area contributed by atoms with Crippen molar-refractivity contribution in [3.8, 4) is 5.69 Å². The van der Waals surface area contributed by atoms with Gasteiger partial charge in [0, 0.05) is 45.8 Å².